The molecule has 7 rings (SSSR count). The van der Waals surface area contributed by atoms with Gasteiger partial charge in [0.05, 0.1) is 28.2 Å². The molecule has 2 aliphatic heterocycles. The predicted molar refractivity (Wildman–Crippen MR) is 186 cm³/mol. The van der Waals surface area contributed by atoms with Gasteiger partial charge < -0.3 is 19.5 Å². The molecular formula is C39H34N2O8S. The van der Waals surface area contributed by atoms with Crippen LogP contribution >= 0.6 is 11.8 Å². The number of carbonyl (C=O) groups is 3. The molecule has 5 atom stereocenters. The Balaban J connectivity index is 1.28. The van der Waals surface area contributed by atoms with Crippen LogP contribution in [0.2, 0.25) is 0 Å². The molecule has 0 bridgehead atoms. The number of Topliss-reactive ketones (excluding diaryl/α,β-unsaturated/α-hetero) is 1. The zero-order valence-corrected chi connectivity index (χ0v) is 28.1. The second-order valence-electron chi connectivity index (χ2n) is 13.2. The van der Waals surface area contributed by atoms with E-state index in [0.717, 1.165) is 5.56 Å². The van der Waals surface area contributed by atoms with Gasteiger partial charge >= 0.3 is 5.97 Å². The minimum absolute atomic E-state index is 0.0470. The molecule has 254 valence electrons. The van der Waals surface area contributed by atoms with E-state index in [1.165, 1.54) is 36.0 Å². The zero-order chi connectivity index (χ0) is 35.3. The fourth-order valence-corrected chi connectivity index (χ4v) is 9.40. The van der Waals surface area contributed by atoms with Gasteiger partial charge in [-0.2, -0.15) is 0 Å². The summed E-state index contributed by atoms with van der Waals surface area (Å²) in [7, 11) is 0. The molecule has 2 saturated heterocycles. The first-order valence-electron chi connectivity index (χ1n) is 16.2. The number of esters is 1. The van der Waals surface area contributed by atoms with Crippen LogP contribution in [-0.2, 0) is 26.7 Å². The van der Waals surface area contributed by atoms with Gasteiger partial charge in [-0.3, -0.25) is 19.7 Å². The number of ether oxygens (including phenoxy) is 2. The summed E-state index contributed by atoms with van der Waals surface area (Å²) in [4.78, 5) is 55.5. The van der Waals surface area contributed by atoms with Gasteiger partial charge in [0.2, 0.25) is 11.7 Å². The number of β-lactam (4-membered cyclic amide) rings is 1. The lowest BCUT2D eigenvalue weighted by molar-refractivity contribution is -0.384. The van der Waals surface area contributed by atoms with Crippen molar-refractivity contribution in [2.24, 2.45) is 11.3 Å². The van der Waals surface area contributed by atoms with E-state index < -0.39 is 55.9 Å². The molecule has 4 aromatic carbocycles. The third-order valence-electron chi connectivity index (χ3n) is 9.84. The van der Waals surface area contributed by atoms with Crippen LogP contribution in [0.25, 0.3) is 0 Å². The topological polar surface area (TPSA) is 136 Å². The molecule has 11 heteroatoms. The Hall–Kier alpha value is -5.10. The van der Waals surface area contributed by atoms with E-state index in [9.17, 15) is 29.6 Å². The van der Waals surface area contributed by atoms with Gasteiger partial charge in [-0.05, 0) is 50.1 Å². The smallest absolute Gasteiger partial charge is 0.339 e. The maximum absolute atomic E-state index is 14.9. The number of allylic oxidation sites excluding steroid dienone is 1. The maximum Gasteiger partial charge on any atom is 0.339 e. The van der Waals surface area contributed by atoms with Crippen LogP contribution in [0.1, 0.15) is 41.8 Å². The first-order chi connectivity index (χ1) is 24.0. The molecule has 4 aromatic rings. The Morgan fingerprint density at radius 3 is 2.16 bits per heavy atom. The summed E-state index contributed by atoms with van der Waals surface area (Å²) < 4.78 is 11.3. The number of para-hydroxylation sites is 1. The number of hydrogen-bond acceptors (Lipinski definition) is 9. The number of nitro benzene ring substituents is 1. The number of hydrogen-bond donors (Lipinski definition) is 1. The van der Waals surface area contributed by atoms with Crippen LogP contribution in [-0.4, -0.2) is 48.8 Å². The predicted octanol–water partition coefficient (Wildman–Crippen LogP) is 6.44. The highest BCUT2D eigenvalue weighted by Gasteiger charge is 2.77. The van der Waals surface area contributed by atoms with Crippen LogP contribution in [0.15, 0.2) is 127 Å². The van der Waals surface area contributed by atoms with Crippen molar-refractivity contribution in [3.8, 4) is 5.75 Å². The van der Waals surface area contributed by atoms with Crippen LogP contribution in [0.4, 0.5) is 5.69 Å². The standard InChI is InChI=1S/C39H34N2O8S/c1-37(2)34(39(45,27-14-8-4-9-15-27)48-24-25-12-6-3-7-13-25)40-35(44)38(36(40)50-37)23-22-30(33(43)49-29-16-10-5-11-17-29)31(38)32(42)26-18-20-28(21-19-26)41(46)47/h3-22,31,34,36,45H,23-24H2,1-2H3/t31?,34-,36-,38?,39?/m1/s1. The van der Waals surface area contributed by atoms with Crippen molar-refractivity contribution in [2.45, 2.75) is 48.8 Å². The quantitative estimate of drug-likeness (QED) is 0.0379. The van der Waals surface area contributed by atoms with Crippen molar-refractivity contribution in [3.05, 3.63) is 154 Å². The van der Waals surface area contributed by atoms with Gasteiger partial charge in [0.25, 0.3) is 5.69 Å². The van der Waals surface area contributed by atoms with E-state index in [4.69, 9.17) is 9.47 Å². The van der Waals surface area contributed by atoms with Gasteiger partial charge in [0, 0.05) is 33.6 Å². The number of nitrogens with zero attached hydrogens (tertiary/aromatic N) is 2. The molecule has 3 aliphatic rings. The number of carbonyl (C=O) groups excluding carboxylic acids is 3. The molecule has 2 fully saturated rings. The highest BCUT2D eigenvalue weighted by atomic mass is 32.2. The number of non-ortho nitro benzene ring substituents is 1. The molecular weight excluding hydrogens is 657 g/mol. The number of ketones is 1. The Kier molecular flexibility index (Phi) is 8.45. The normalized spacial score (nSPS) is 24.5. The number of benzene rings is 4. The minimum Gasteiger partial charge on any atom is -0.423 e. The average molecular weight is 691 g/mol. The summed E-state index contributed by atoms with van der Waals surface area (Å²) in [6.45, 7) is 3.93. The molecule has 1 N–H and O–H groups in total. The Morgan fingerprint density at radius 2 is 1.54 bits per heavy atom. The average Bonchev–Trinajstić information content (AvgIpc) is 3.67. The SMILES string of the molecule is CC1(C)S[C@H]2N(C(=O)C23CC=C(C(=O)Oc2ccccc2)C3C(=O)c2ccc([N+](=O)[O-])cc2)[C@H]1C(O)(OCc1ccccc1)c1ccccc1. The fraction of sp³-hybridized carbons (Fsp3) is 0.256. The first-order valence-corrected chi connectivity index (χ1v) is 17.1. The van der Waals surface area contributed by atoms with Crippen molar-refractivity contribution in [1.82, 2.24) is 4.90 Å². The summed E-state index contributed by atoms with van der Waals surface area (Å²) in [5.74, 6) is -4.60. The van der Waals surface area contributed by atoms with E-state index in [1.54, 1.807) is 65.6 Å². The van der Waals surface area contributed by atoms with Gasteiger partial charge in [-0.25, -0.2) is 4.79 Å². The molecule has 1 amide bonds. The summed E-state index contributed by atoms with van der Waals surface area (Å²) in [5.41, 5.74) is -0.0947. The van der Waals surface area contributed by atoms with Gasteiger partial charge in [-0.1, -0.05) is 84.9 Å². The van der Waals surface area contributed by atoms with Gasteiger partial charge in [-0.15, -0.1) is 11.8 Å². The first kappa shape index (κ1) is 33.4. The lowest BCUT2D eigenvalue weighted by atomic mass is 9.64. The van der Waals surface area contributed by atoms with Crippen LogP contribution in [0.3, 0.4) is 0 Å². The zero-order valence-electron chi connectivity index (χ0n) is 27.3. The molecule has 10 nitrogen and oxygen atoms in total. The van der Waals surface area contributed by atoms with Crippen molar-refractivity contribution in [3.63, 3.8) is 0 Å². The molecule has 0 aromatic heterocycles. The summed E-state index contributed by atoms with van der Waals surface area (Å²) in [5, 5.41) is 23.4. The minimum atomic E-state index is -1.95. The lowest BCUT2D eigenvalue weighted by Crippen LogP contribution is -2.73. The maximum atomic E-state index is 14.9. The van der Waals surface area contributed by atoms with Crippen molar-refractivity contribution in [2.75, 3.05) is 0 Å². The van der Waals surface area contributed by atoms with E-state index >= 15 is 0 Å². The molecule has 2 heterocycles. The number of nitro groups is 1. The fourth-order valence-electron chi connectivity index (χ4n) is 7.55. The van der Waals surface area contributed by atoms with Crippen LogP contribution in [0, 0.1) is 21.4 Å². The Bertz CT molecular complexity index is 1990. The van der Waals surface area contributed by atoms with Gasteiger partial charge in [0.15, 0.2) is 5.78 Å². The highest BCUT2D eigenvalue weighted by molar-refractivity contribution is 8.01. The van der Waals surface area contributed by atoms with Crippen LogP contribution < -0.4 is 4.74 Å². The van der Waals surface area contributed by atoms with E-state index in [1.807, 2.05) is 50.2 Å². The van der Waals surface area contributed by atoms with Crippen molar-refractivity contribution < 1.29 is 33.9 Å². The number of amides is 1. The third-order valence-corrected chi connectivity index (χ3v) is 11.5. The largest absolute Gasteiger partial charge is 0.423 e. The molecule has 1 aliphatic carbocycles. The molecule has 50 heavy (non-hydrogen) atoms. The highest BCUT2D eigenvalue weighted by Crippen LogP contribution is 2.68. The van der Waals surface area contributed by atoms with Crippen LogP contribution in [0.5, 0.6) is 5.75 Å². The molecule has 3 unspecified atom stereocenters. The van der Waals surface area contributed by atoms with E-state index in [2.05, 4.69) is 0 Å². The molecule has 1 spiro atoms. The second kappa shape index (κ2) is 12.7. The number of thioether (sulfide) groups is 1. The third kappa shape index (κ3) is 5.42. The lowest BCUT2D eigenvalue weighted by Gasteiger charge is -2.56. The second-order valence-corrected chi connectivity index (χ2v) is 15.0. The number of aliphatic hydroxyl groups is 1. The number of fused-ring (bicyclic) bond motifs is 2. The Morgan fingerprint density at radius 1 is 0.940 bits per heavy atom. The summed E-state index contributed by atoms with van der Waals surface area (Å²) in [6, 6.07) is 31.0. The number of rotatable bonds is 10. The summed E-state index contributed by atoms with van der Waals surface area (Å²) in [6.07, 6.45) is 1.69. The molecule has 0 radical (unpaired) electrons. The molecule has 0 saturated carbocycles. The Labute approximate surface area is 292 Å². The van der Waals surface area contributed by atoms with E-state index in [-0.39, 0.29) is 35.6 Å². The van der Waals surface area contributed by atoms with Crippen molar-refractivity contribution >= 4 is 35.1 Å². The monoisotopic (exact) mass is 690 g/mol. The van der Waals surface area contributed by atoms with Gasteiger partial charge in [0.1, 0.15) is 11.8 Å². The van der Waals surface area contributed by atoms with E-state index in [0.29, 0.717) is 5.56 Å². The van der Waals surface area contributed by atoms with Crippen molar-refractivity contribution in [1.29, 1.82) is 0 Å². The summed E-state index contributed by atoms with van der Waals surface area (Å²) >= 11 is 1.45.